The molecule has 0 unspecified atom stereocenters. The summed E-state index contributed by atoms with van der Waals surface area (Å²) in [7, 11) is -3.41. The molecule has 0 bridgehead atoms. The van der Waals surface area contributed by atoms with Gasteiger partial charge in [-0.2, -0.15) is 26.3 Å². The number of likely N-dealkylation sites (tertiary alicyclic amines) is 1. The highest BCUT2D eigenvalue weighted by Crippen LogP contribution is 2.47. The second-order valence-corrected chi connectivity index (χ2v) is 12.5. The summed E-state index contributed by atoms with van der Waals surface area (Å²) < 4.78 is 103. The van der Waals surface area contributed by atoms with Gasteiger partial charge >= 0.3 is 19.9 Å². The van der Waals surface area contributed by atoms with Gasteiger partial charge in [0, 0.05) is 6.54 Å². The third-order valence-corrected chi connectivity index (χ3v) is 9.87. The molecular weight excluding hydrogens is 595 g/mol. The summed E-state index contributed by atoms with van der Waals surface area (Å²) >= 11 is 0. The lowest BCUT2D eigenvalue weighted by Crippen LogP contribution is -2.44. The molecule has 0 saturated carbocycles. The van der Waals surface area contributed by atoms with Crippen LogP contribution in [0.3, 0.4) is 0 Å². The van der Waals surface area contributed by atoms with E-state index in [9.17, 15) is 36.0 Å². The van der Waals surface area contributed by atoms with Crippen LogP contribution in [-0.4, -0.2) is 36.3 Å². The Kier molecular flexibility index (Phi) is 10.1. The maximum Gasteiger partial charge on any atom is 0.416 e. The number of nitrogens with zero attached hydrogens (tertiary/aromatic N) is 1. The molecule has 0 atom stereocenters. The van der Waals surface area contributed by atoms with Crippen LogP contribution in [0.4, 0.5) is 26.3 Å². The van der Waals surface area contributed by atoms with Crippen molar-refractivity contribution < 1.29 is 45.1 Å². The van der Waals surface area contributed by atoms with E-state index >= 15 is 0 Å². The number of halogens is 6. The molecule has 0 spiro atoms. The van der Waals surface area contributed by atoms with Gasteiger partial charge in [-0.25, -0.2) is 0 Å². The molecule has 1 aliphatic rings. The van der Waals surface area contributed by atoms with Gasteiger partial charge in [0.25, 0.3) is 0 Å². The summed E-state index contributed by atoms with van der Waals surface area (Å²) in [5.41, 5.74) is -2.26. The molecule has 1 saturated heterocycles. The summed E-state index contributed by atoms with van der Waals surface area (Å²) in [5, 5.41) is 12.6. The maximum absolute atomic E-state index is 13.2. The van der Waals surface area contributed by atoms with Crippen LogP contribution in [0.2, 0.25) is 0 Å². The Morgan fingerprint density at radius 1 is 0.721 bits per heavy atom. The topological polar surface area (TPSA) is 59.0 Å². The van der Waals surface area contributed by atoms with E-state index in [1.165, 1.54) is 24.3 Å². The molecule has 5 nitrogen and oxygen atoms in total. The maximum atomic E-state index is 13.2. The summed E-state index contributed by atoms with van der Waals surface area (Å²) in [6.07, 6.45) is -8.25. The highest BCUT2D eigenvalue weighted by Gasteiger charge is 2.43. The molecule has 12 heteroatoms. The van der Waals surface area contributed by atoms with Gasteiger partial charge in [0.05, 0.1) is 29.6 Å². The van der Waals surface area contributed by atoms with Gasteiger partial charge < -0.3 is 14.2 Å². The van der Waals surface area contributed by atoms with Crippen molar-refractivity contribution in [1.29, 1.82) is 0 Å². The van der Waals surface area contributed by atoms with Crippen molar-refractivity contribution in [3.63, 3.8) is 0 Å². The zero-order valence-corrected chi connectivity index (χ0v) is 24.7. The SMILES string of the molecule is CCOP(=O)(OCC)c1ccc(CN2CCC(C(O)(c3ccc(C(F)(F)F)cc3)c3ccc(C(F)(F)F)cc3)CC2)cc1. The minimum Gasteiger partial charge on any atom is -0.380 e. The van der Waals surface area contributed by atoms with Gasteiger partial charge in [0.15, 0.2) is 0 Å². The van der Waals surface area contributed by atoms with Gasteiger partial charge in [0.2, 0.25) is 0 Å². The summed E-state index contributed by atoms with van der Waals surface area (Å²) in [6.45, 7) is 5.57. The first-order chi connectivity index (χ1) is 20.2. The smallest absolute Gasteiger partial charge is 0.380 e. The molecule has 1 heterocycles. The van der Waals surface area contributed by atoms with E-state index in [0.717, 1.165) is 29.8 Å². The normalized spacial score (nSPS) is 16.0. The van der Waals surface area contributed by atoms with Crippen molar-refractivity contribution in [3.05, 3.63) is 101 Å². The molecule has 43 heavy (non-hydrogen) atoms. The predicted octanol–water partition coefficient (Wildman–Crippen LogP) is 7.76. The zero-order valence-electron chi connectivity index (χ0n) is 23.8. The third kappa shape index (κ3) is 7.52. The Bertz CT molecular complexity index is 1320. The number of alkyl halides is 6. The molecule has 0 amide bonds. The van der Waals surface area contributed by atoms with Crippen LogP contribution in [0, 0.1) is 5.92 Å². The van der Waals surface area contributed by atoms with Gasteiger partial charge in [-0.3, -0.25) is 9.46 Å². The van der Waals surface area contributed by atoms with Crippen LogP contribution >= 0.6 is 7.60 Å². The summed E-state index contributed by atoms with van der Waals surface area (Å²) in [6, 6.07) is 15.4. The molecule has 234 valence electrons. The van der Waals surface area contributed by atoms with Crippen LogP contribution in [0.15, 0.2) is 72.8 Å². The summed E-state index contributed by atoms with van der Waals surface area (Å²) in [5.74, 6) is -0.470. The Hall–Kier alpha value is -2.69. The van der Waals surface area contributed by atoms with Crippen LogP contribution < -0.4 is 5.30 Å². The molecule has 1 N–H and O–H groups in total. The highest BCUT2D eigenvalue weighted by molar-refractivity contribution is 7.62. The molecule has 0 aromatic heterocycles. The lowest BCUT2D eigenvalue weighted by molar-refractivity contribution is -0.138. The fraction of sp³-hybridized carbons (Fsp3) is 0.419. The van der Waals surface area contributed by atoms with Crippen molar-refractivity contribution in [2.75, 3.05) is 26.3 Å². The standard InChI is InChI=1S/C31H34F6NO4P/c1-3-41-43(40,42-4-2)28-15-5-22(6-16-28)21-38-19-17-25(18-20-38)29(39,23-7-11-26(12-8-23)30(32,33)34)24-9-13-27(14-10-24)31(35,36)37/h5-16,25,39H,3-4,17-21H2,1-2H3. The van der Waals surface area contributed by atoms with E-state index in [-0.39, 0.29) is 24.3 Å². The fourth-order valence-corrected chi connectivity index (χ4v) is 7.11. The predicted molar refractivity (Wildman–Crippen MR) is 151 cm³/mol. The van der Waals surface area contributed by atoms with Crippen LogP contribution in [0.5, 0.6) is 0 Å². The zero-order chi connectivity index (χ0) is 31.5. The van der Waals surface area contributed by atoms with E-state index in [4.69, 9.17) is 9.05 Å². The molecular formula is C31H34F6NO4P. The van der Waals surface area contributed by atoms with Gasteiger partial charge in [-0.15, -0.1) is 0 Å². The fourth-order valence-electron chi connectivity index (χ4n) is 5.54. The number of hydrogen-bond acceptors (Lipinski definition) is 5. The molecule has 4 rings (SSSR count). The Balaban J connectivity index is 1.53. The van der Waals surface area contributed by atoms with Crippen molar-refractivity contribution in [2.45, 2.75) is 51.2 Å². The number of rotatable bonds is 10. The largest absolute Gasteiger partial charge is 0.416 e. The van der Waals surface area contributed by atoms with E-state index in [0.29, 0.717) is 37.8 Å². The Morgan fingerprint density at radius 3 is 1.49 bits per heavy atom. The first-order valence-electron chi connectivity index (χ1n) is 14.0. The monoisotopic (exact) mass is 629 g/mol. The van der Waals surface area contributed by atoms with E-state index in [2.05, 4.69) is 4.90 Å². The highest BCUT2D eigenvalue weighted by atomic mass is 31.2. The molecule has 3 aromatic carbocycles. The molecule has 1 aliphatic heterocycles. The summed E-state index contributed by atoms with van der Waals surface area (Å²) in [4.78, 5) is 2.15. The molecule has 3 aromatic rings. The average Bonchev–Trinajstić information content (AvgIpc) is 2.97. The minimum atomic E-state index is -4.57. The van der Waals surface area contributed by atoms with Gasteiger partial charge in [-0.1, -0.05) is 36.4 Å². The lowest BCUT2D eigenvalue weighted by atomic mass is 9.71. The number of benzene rings is 3. The Labute approximate surface area is 247 Å². The van der Waals surface area contributed by atoms with Gasteiger partial charge in [0.1, 0.15) is 5.60 Å². The van der Waals surface area contributed by atoms with Crippen molar-refractivity contribution in [2.24, 2.45) is 5.92 Å². The second kappa shape index (κ2) is 13.1. The first-order valence-corrected chi connectivity index (χ1v) is 15.5. The van der Waals surface area contributed by atoms with Crippen molar-refractivity contribution in [3.8, 4) is 0 Å². The molecule has 0 aliphatic carbocycles. The van der Waals surface area contributed by atoms with E-state index in [1.807, 2.05) is 12.1 Å². The second-order valence-electron chi connectivity index (χ2n) is 10.5. The molecule has 1 fully saturated rings. The van der Waals surface area contributed by atoms with Crippen LogP contribution in [0.25, 0.3) is 0 Å². The third-order valence-electron chi connectivity index (χ3n) is 7.74. The van der Waals surface area contributed by atoms with Gasteiger partial charge in [-0.05, 0) is 98.8 Å². The lowest BCUT2D eigenvalue weighted by Gasteiger charge is -2.42. The molecule has 0 radical (unpaired) electrons. The Morgan fingerprint density at radius 2 is 1.12 bits per heavy atom. The van der Waals surface area contributed by atoms with Crippen molar-refractivity contribution in [1.82, 2.24) is 4.90 Å². The van der Waals surface area contributed by atoms with Crippen LogP contribution in [-0.2, 0) is 38.1 Å². The average molecular weight is 630 g/mol. The number of piperidine rings is 1. The van der Waals surface area contributed by atoms with E-state index < -0.39 is 42.6 Å². The number of aliphatic hydroxyl groups is 1. The first kappa shape index (κ1) is 33.2. The minimum absolute atomic E-state index is 0.183. The van der Waals surface area contributed by atoms with Crippen LogP contribution in [0.1, 0.15) is 54.5 Å². The van der Waals surface area contributed by atoms with Crippen molar-refractivity contribution >= 4 is 12.9 Å². The number of hydrogen-bond donors (Lipinski definition) is 1. The quantitative estimate of drug-likeness (QED) is 0.184. The van der Waals surface area contributed by atoms with E-state index in [1.54, 1.807) is 26.0 Å².